The van der Waals surface area contributed by atoms with Crippen LogP contribution in [0.1, 0.15) is 24.8 Å². The van der Waals surface area contributed by atoms with Crippen LogP contribution in [0.25, 0.3) is 10.8 Å². The molecule has 2 saturated heterocycles. The summed E-state index contributed by atoms with van der Waals surface area (Å²) in [6.07, 6.45) is -17.7. The summed E-state index contributed by atoms with van der Waals surface area (Å²) in [5, 5.41) is 34.7. The molecule has 2 aliphatic heterocycles. The van der Waals surface area contributed by atoms with Gasteiger partial charge in [0.2, 0.25) is 5.91 Å². The molecule has 69 heavy (non-hydrogen) atoms. The van der Waals surface area contributed by atoms with Crippen molar-refractivity contribution >= 4 is 46.2 Å². The molecular formula is C41H51F12N7O9. The third-order valence-electron chi connectivity index (χ3n) is 9.79. The zero-order chi connectivity index (χ0) is 52.8. The number of hydrogen-bond donors (Lipinski definition) is 7. The molecule has 0 atom stereocenters. The number of para-hydroxylation sites is 1. The first-order chi connectivity index (χ1) is 31.9. The number of aliphatic carboxylic acids is 4. The van der Waals surface area contributed by atoms with Gasteiger partial charge in [-0.1, -0.05) is 60.7 Å². The Kier molecular flexibility index (Phi) is 24.7. The number of rotatable bonds is 14. The highest BCUT2D eigenvalue weighted by Crippen LogP contribution is 2.40. The lowest BCUT2D eigenvalue weighted by Gasteiger charge is -2.43. The van der Waals surface area contributed by atoms with E-state index in [-0.39, 0.29) is 0 Å². The van der Waals surface area contributed by atoms with Gasteiger partial charge in [-0.15, -0.1) is 0 Å². The molecule has 0 unspecified atom stereocenters. The molecule has 2 heterocycles. The van der Waals surface area contributed by atoms with Crippen LogP contribution in [-0.4, -0.2) is 167 Å². The highest BCUT2D eigenvalue weighted by atomic mass is 19.4. The van der Waals surface area contributed by atoms with Crippen molar-refractivity contribution in [2.75, 3.05) is 77.0 Å². The SMILES string of the molecule is NCCN(CCN)CCNCCCN1CN(c2ccccc2)C2(CCN(Cc3cccc4ccccc34)CC2)C1=O.O=C(O)C(F)(F)F.O=C(O)C(F)(F)F.O=C(O)C(F)(F)F.O=C(O)C(F)(F)F. The zero-order valence-electron chi connectivity index (χ0n) is 36.3. The first-order valence-corrected chi connectivity index (χ1v) is 20.3. The number of likely N-dealkylation sites (tertiary alicyclic amines) is 1. The summed E-state index contributed by atoms with van der Waals surface area (Å²) >= 11 is 0. The number of amides is 1. The van der Waals surface area contributed by atoms with Gasteiger partial charge < -0.3 is 47.0 Å². The summed E-state index contributed by atoms with van der Waals surface area (Å²) < 4.78 is 127. The average Bonchev–Trinajstić information content (AvgIpc) is 3.52. The van der Waals surface area contributed by atoms with Crippen molar-refractivity contribution in [2.24, 2.45) is 11.5 Å². The highest BCUT2D eigenvalue weighted by Gasteiger charge is 2.53. The monoisotopic (exact) mass is 1010 g/mol. The van der Waals surface area contributed by atoms with Crippen molar-refractivity contribution in [3.05, 3.63) is 78.4 Å². The van der Waals surface area contributed by atoms with Crippen LogP contribution >= 0.6 is 0 Å². The predicted molar refractivity (Wildman–Crippen MR) is 223 cm³/mol. The molecule has 1 amide bonds. The maximum absolute atomic E-state index is 14.1. The smallest absolute Gasteiger partial charge is 0.475 e. The van der Waals surface area contributed by atoms with E-state index in [4.69, 9.17) is 51.1 Å². The fourth-order valence-electron chi connectivity index (χ4n) is 6.58. The normalized spacial score (nSPS) is 14.9. The van der Waals surface area contributed by atoms with Crippen LogP contribution in [-0.2, 0) is 30.5 Å². The summed E-state index contributed by atoms with van der Waals surface area (Å²) in [4.78, 5) is 58.9. The van der Waals surface area contributed by atoms with Gasteiger partial charge in [-0.2, -0.15) is 52.7 Å². The predicted octanol–water partition coefficient (Wildman–Crippen LogP) is 5.21. The maximum Gasteiger partial charge on any atom is 0.490 e. The number of carboxylic acid groups (broad SMARTS) is 4. The van der Waals surface area contributed by atoms with E-state index in [2.05, 4.69) is 91.6 Å². The minimum Gasteiger partial charge on any atom is -0.475 e. The third-order valence-corrected chi connectivity index (χ3v) is 9.79. The summed E-state index contributed by atoms with van der Waals surface area (Å²) in [6.45, 7) is 9.95. The molecule has 0 saturated carbocycles. The van der Waals surface area contributed by atoms with Crippen molar-refractivity contribution < 1.29 is 97.1 Å². The molecule has 388 valence electrons. The lowest BCUT2D eigenvalue weighted by Crippen LogP contribution is -2.56. The number of alkyl halides is 12. The molecule has 2 aliphatic rings. The van der Waals surface area contributed by atoms with Gasteiger partial charge in [0.15, 0.2) is 0 Å². The molecule has 3 aromatic carbocycles. The Morgan fingerprint density at radius 1 is 0.623 bits per heavy atom. The quantitative estimate of drug-likeness (QED) is 0.0810. The number of halogens is 12. The second kappa shape index (κ2) is 27.9. The summed E-state index contributed by atoms with van der Waals surface area (Å²) in [7, 11) is 0. The lowest BCUT2D eigenvalue weighted by atomic mass is 9.85. The van der Waals surface area contributed by atoms with Crippen LogP contribution < -0.4 is 21.7 Å². The molecule has 5 rings (SSSR count). The van der Waals surface area contributed by atoms with E-state index in [0.29, 0.717) is 25.7 Å². The molecule has 2 fully saturated rings. The van der Waals surface area contributed by atoms with Gasteiger partial charge >= 0.3 is 48.6 Å². The fraction of sp³-hybridized carbons (Fsp3) is 0.488. The molecular weight excluding hydrogens is 962 g/mol. The van der Waals surface area contributed by atoms with E-state index in [9.17, 15) is 57.5 Å². The Morgan fingerprint density at radius 2 is 1.06 bits per heavy atom. The summed E-state index contributed by atoms with van der Waals surface area (Å²) in [5.41, 5.74) is 13.5. The van der Waals surface area contributed by atoms with Gasteiger partial charge in [-0.25, -0.2) is 19.2 Å². The maximum atomic E-state index is 14.1. The number of anilines is 1. The first kappa shape index (κ1) is 61.0. The van der Waals surface area contributed by atoms with E-state index in [1.54, 1.807) is 0 Å². The number of nitrogens with two attached hydrogens (primary N) is 2. The van der Waals surface area contributed by atoms with Crippen LogP contribution in [0.4, 0.5) is 58.4 Å². The Balaban J connectivity index is 0.000000688. The van der Waals surface area contributed by atoms with Gasteiger partial charge in [-0.05, 0) is 54.3 Å². The van der Waals surface area contributed by atoms with Gasteiger partial charge in [0.1, 0.15) is 5.54 Å². The van der Waals surface area contributed by atoms with E-state index < -0.39 is 54.1 Å². The van der Waals surface area contributed by atoms with Crippen LogP contribution in [0.5, 0.6) is 0 Å². The Hall–Kier alpha value is -5.97. The molecule has 28 heteroatoms. The Morgan fingerprint density at radius 3 is 1.51 bits per heavy atom. The minimum atomic E-state index is -5.08. The lowest BCUT2D eigenvalue weighted by molar-refractivity contribution is -0.193. The van der Waals surface area contributed by atoms with Gasteiger partial charge in [-0.3, -0.25) is 14.6 Å². The summed E-state index contributed by atoms with van der Waals surface area (Å²) in [5.74, 6) is -10.7. The number of piperidine rings is 1. The van der Waals surface area contributed by atoms with Gasteiger partial charge in [0.05, 0.1) is 6.67 Å². The molecule has 0 bridgehead atoms. The highest BCUT2D eigenvalue weighted by molar-refractivity contribution is 5.93. The van der Waals surface area contributed by atoms with E-state index in [1.807, 2.05) is 6.07 Å². The van der Waals surface area contributed by atoms with Crippen molar-refractivity contribution in [3.8, 4) is 0 Å². The van der Waals surface area contributed by atoms with Crippen molar-refractivity contribution in [3.63, 3.8) is 0 Å². The summed E-state index contributed by atoms with van der Waals surface area (Å²) in [6, 6.07) is 25.7. The van der Waals surface area contributed by atoms with Crippen LogP contribution in [0.3, 0.4) is 0 Å². The number of carbonyl (C=O) groups is 5. The van der Waals surface area contributed by atoms with Gasteiger partial charge in [0.25, 0.3) is 0 Å². The average molecular weight is 1010 g/mol. The van der Waals surface area contributed by atoms with Crippen LogP contribution in [0, 0.1) is 0 Å². The molecule has 0 aliphatic carbocycles. The molecule has 16 nitrogen and oxygen atoms in total. The zero-order valence-corrected chi connectivity index (χ0v) is 36.3. The number of carbonyl (C=O) groups excluding carboxylic acids is 1. The van der Waals surface area contributed by atoms with Crippen molar-refractivity contribution in [2.45, 2.75) is 56.1 Å². The van der Waals surface area contributed by atoms with E-state index in [1.165, 1.54) is 16.3 Å². The Labute approximate surface area is 386 Å². The molecule has 0 aromatic heterocycles. The number of nitrogens with zero attached hydrogens (tertiary/aromatic N) is 4. The minimum absolute atomic E-state index is 0.295. The second-order valence-electron chi connectivity index (χ2n) is 14.7. The fourth-order valence-corrected chi connectivity index (χ4v) is 6.58. The van der Waals surface area contributed by atoms with Gasteiger partial charge in [0, 0.05) is 71.1 Å². The number of hydrogen-bond acceptors (Lipinski definition) is 11. The van der Waals surface area contributed by atoms with Crippen molar-refractivity contribution in [1.29, 1.82) is 0 Å². The number of nitrogens with one attached hydrogen (secondary N) is 1. The first-order valence-electron chi connectivity index (χ1n) is 20.3. The number of carboxylic acids is 4. The largest absolute Gasteiger partial charge is 0.490 e. The topological polar surface area (TPSA) is 243 Å². The second-order valence-corrected chi connectivity index (χ2v) is 14.7. The van der Waals surface area contributed by atoms with Crippen LogP contribution in [0.15, 0.2) is 72.8 Å². The number of benzene rings is 3. The standard InChI is InChI=1S/C33H47N7O.4C2HF3O2/c34-16-23-37(24-17-35)25-19-36-18-7-20-39-27-40(30-11-2-1-3-12-30)33(32(39)41)14-21-38(22-15-33)26-29-10-6-9-28-8-4-5-13-31(28)29;4*3-2(4,5)1(6)7/h1-6,8-13,36H,7,14-27,34-35H2;4*(H,6,7). The molecule has 0 radical (unpaired) electrons. The number of fused-ring (bicyclic) bond motifs is 1. The molecule has 3 aromatic rings. The van der Waals surface area contributed by atoms with E-state index >= 15 is 0 Å². The molecule has 1 spiro atoms. The van der Waals surface area contributed by atoms with E-state index in [0.717, 1.165) is 83.9 Å². The Bertz CT molecular complexity index is 1960. The van der Waals surface area contributed by atoms with Crippen LogP contribution in [0.2, 0.25) is 0 Å². The van der Waals surface area contributed by atoms with Crippen molar-refractivity contribution in [1.82, 2.24) is 20.0 Å². The molecule has 9 N–H and O–H groups in total. The third kappa shape index (κ3) is 21.5.